The minimum atomic E-state index is -0.997. The van der Waals surface area contributed by atoms with Gasteiger partial charge in [0.15, 0.2) is 0 Å². The van der Waals surface area contributed by atoms with Gasteiger partial charge in [0.25, 0.3) is 0 Å². The van der Waals surface area contributed by atoms with Crippen molar-refractivity contribution in [1.29, 1.82) is 0 Å². The lowest BCUT2D eigenvalue weighted by Gasteiger charge is -2.14. The highest BCUT2D eigenvalue weighted by atomic mass is 16.4. The fraction of sp³-hybridized carbons (Fsp3) is 0.357. The molecule has 0 fully saturated rings. The van der Waals surface area contributed by atoms with Gasteiger partial charge < -0.3 is 15.0 Å². The van der Waals surface area contributed by atoms with Crippen LogP contribution in [0.25, 0.3) is 11.0 Å². The van der Waals surface area contributed by atoms with E-state index in [4.69, 9.17) is 5.11 Å². The molecule has 6 nitrogen and oxygen atoms in total. The van der Waals surface area contributed by atoms with E-state index in [2.05, 4.69) is 10.3 Å². The fourth-order valence-electron chi connectivity index (χ4n) is 1.99. The molecule has 0 spiro atoms. The molecule has 2 N–H and O–H groups in total. The van der Waals surface area contributed by atoms with Crippen LogP contribution in [0.15, 0.2) is 24.5 Å². The van der Waals surface area contributed by atoms with Crippen molar-refractivity contribution < 1.29 is 14.7 Å². The molecule has 1 aromatic carbocycles. The summed E-state index contributed by atoms with van der Waals surface area (Å²) in [6.45, 7) is 4.37. The number of carboxylic acids is 1. The number of aromatic nitrogens is 2. The topological polar surface area (TPSA) is 84.2 Å². The number of carboxylic acid groups (broad SMARTS) is 1. The number of carbonyl (C=O) groups is 2. The van der Waals surface area contributed by atoms with Crippen LogP contribution in [0.1, 0.15) is 36.7 Å². The van der Waals surface area contributed by atoms with E-state index >= 15 is 0 Å². The third kappa shape index (κ3) is 2.64. The van der Waals surface area contributed by atoms with Crippen molar-refractivity contribution in [2.45, 2.75) is 26.3 Å². The zero-order valence-electron chi connectivity index (χ0n) is 11.5. The van der Waals surface area contributed by atoms with Crippen molar-refractivity contribution in [3.8, 4) is 0 Å². The molecule has 0 aliphatic carbocycles. The molecular weight excluding hydrogens is 258 g/mol. The van der Waals surface area contributed by atoms with Crippen LogP contribution >= 0.6 is 0 Å². The van der Waals surface area contributed by atoms with Crippen LogP contribution in [0.3, 0.4) is 0 Å². The first-order valence-electron chi connectivity index (χ1n) is 6.52. The first-order chi connectivity index (χ1) is 9.54. The van der Waals surface area contributed by atoms with Crippen LogP contribution in [0, 0.1) is 0 Å². The van der Waals surface area contributed by atoms with Gasteiger partial charge in [-0.05, 0) is 31.5 Å². The zero-order valence-corrected chi connectivity index (χ0v) is 11.5. The summed E-state index contributed by atoms with van der Waals surface area (Å²) < 4.78 is 1.69. The standard InChI is InChI=1S/C14H17N3O3/c1-3-6-15-13(18)9(2)17-8-16-11-5-4-10(14(19)20)7-12(11)17/h4-5,7-9H,3,6H2,1-2H3,(H,15,18)(H,19,20). The molecular formula is C14H17N3O3. The number of aromatic carboxylic acids is 1. The normalized spacial score (nSPS) is 12.3. The first kappa shape index (κ1) is 14.0. The molecule has 1 heterocycles. The molecule has 0 radical (unpaired) electrons. The van der Waals surface area contributed by atoms with Crippen molar-refractivity contribution in [2.24, 2.45) is 0 Å². The number of imidazole rings is 1. The van der Waals surface area contributed by atoms with Gasteiger partial charge in [-0.25, -0.2) is 9.78 Å². The lowest BCUT2D eigenvalue weighted by atomic mass is 10.2. The minimum absolute atomic E-state index is 0.105. The Hall–Kier alpha value is -2.37. The van der Waals surface area contributed by atoms with Crippen LogP contribution in [0.4, 0.5) is 0 Å². The maximum Gasteiger partial charge on any atom is 0.335 e. The molecule has 0 bridgehead atoms. The maximum absolute atomic E-state index is 12.0. The summed E-state index contributed by atoms with van der Waals surface area (Å²) in [7, 11) is 0. The Labute approximate surface area is 116 Å². The molecule has 1 amide bonds. The Bertz CT molecular complexity index is 648. The highest BCUT2D eigenvalue weighted by Gasteiger charge is 2.17. The summed E-state index contributed by atoms with van der Waals surface area (Å²) in [4.78, 5) is 27.2. The van der Waals surface area contributed by atoms with E-state index < -0.39 is 12.0 Å². The monoisotopic (exact) mass is 275 g/mol. The Kier molecular flexibility index (Phi) is 4.02. The van der Waals surface area contributed by atoms with Crippen molar-refractivity contribution in [3.05, 3.63) is 30.1 Å². The molecule has 1 aromatic heterocycles. The highest BCUT2D eigenvalue weighted by molar-refractivity contribution is 5.93. The summed E-state index contributed by atoms with van der Waals surface area (Å²) in [5, 5.41) is 11.8. The minimum Gasteiger partial charge on any atom is -0.478 e. The average Bonchev–Trinajstić information content (AvgIpc) is 2.86. The SMILES string of the molecule is CCCNC(=O)C(C)n1cnc2ccc(C(=O)O)cc21. The molecule has 0 aliphatic rings. The van der Waals surface area contributed by atoms with Crippen LogP contribution in [0.2, 0.25) is 0 Å². The Morgan fingerprint density at radius 1 is 1.45 bits per heavy atom. The van der Waals surface area contributed by atoms with E-state index in [1.54, 1.807) is 23.9 Å². The van der Waals surface area contributed by atoms with Gasteiger partial charge in [0, 0.05) is 6.54 Å². The third-order valence-corrected chi connectivity index (χ3v) is 3.17. The molecule has 0 saturated heterocycles. The summed E-state index contributed by atoms with van der Waals surface area (Å²) >= 11 is 0. The molecule has 2 aromatic rings. The fourth-order valence-corrected chi connectivity index (χ4v) is 1.99. The van der Waals surface area contributed by atoms with Gasteiger partial charge in [0.05, 0.1) is 22.9 Å². The maximum atomic E-state index is 12.0. The van der Waals surface area contributed by atoms with E-state index in [1.807, 2.05) is 6.92 Å². The molecule has 0 saturated carbocycles. The second kappa shape index (κ2) is 5.73. The van der Waals surface area contributed by atoms with E-state index in [0.29, 0.717) is 17.6 Å². The number of nitrogens with one attached hydrogen (secondary N) is 1. The van der Waals surface area contributed by atoms with Gasteiger partial charge in [-0.3, -0.25) is 4.79 Å². The largest absolute Gasteiger partial charge is 0.478 e. The molecule has 2 rings (SSSR count). The predicted octanol–water partition coefficient (Wildman–Crippen LogP) is 1.82. The number of rotatable bonds is 5. The van der Waals surface area contributed by atoms with Gasteiger partial charge >= 0.3 is 5.97 Å². The number of hydrogen-bond acceptors (Lipinski definition) is 3. The van der Waals surface area contributed by atoms with Gasteiger partial charge in [0.1, 0.15) is 6.04 Å². The Morgan fingerprint density at radius 3 is 2.85 bits per heavy atom. The lowest BCUT2D eigenvalue weighted by Crippen LogP contribution is -2.31. The number of nitrogens with zero attached hydrogens (tertiary/aromatic N) is 2. The van der Waals surface area contributed by atoms with Crippen molar-refractivity contribution in [2.75, 3.05) is 6.54 Å². The quantitative estimate of drug-likeness (QED) is 0.871. The van der Waals surface area contributed by atoms with Crippen LogP contribution in [-0.4, -0.2) is 33.1 Å². The Balaban J connectivity index is 2.36. The van der Waals surface area contributed by atoms with Crippen molar-refractivity contribution >= 4 is 22.9 Å². The number of hydrogen-bond donors (Lipinski definition) is 2. The molecule has 1 unspecified atom stereocenters. The second-order valence-electron chi connectivity index (χ2n) is 4.63. The highest BCUT2D eigenvalue weighted by Crippen LogP contribution is 2.19. The number of benzene rings is 1. The van der Waals surface area contributed by atoms with Crippen LogP contribution < -0.4 is 5.32 Å². The summed E-state index contributed by atoms with van der Waals surface area (Å²) in [5.74, 6) is -1.10. The third-order valence-electron chi connectivity index (χ3n) is 3.17. The molecule has 20 heavy (non-hydrogen) atoms. The van der Waals surface area contributed by atoms with E-state index in [9.17, 15) is 9.59 Å². The Morgan fingerprint density at radius 2 is 2.20 bits per heavy atom. The smallest absolute Gasteiger partial charge is 0.335 e. The summed E-state index contributed by atoms with van der Waals surface area (Å²) in [6.07, 6.45) is 2.43. The number of fused-ring (bicyclic) bond motifs is 1. The van der Waals surface area contributed by atoms with E-state index in [0.717, 1.165) is 6.42 Å². The molecule has 6 heteroatoms. The molecule has 106 valence electrons. The number of amides is 1. The van der Waals surface area contributed by atoms with Crippen molar-refractivity contribution in [1.82, 2.24) is 14.9 Å². The van der Waals surface area contributed by atoms with Crippen molar-refractivity contribution in [3.63, 3.8) is 0 Å². The summed E-state index contributed by atoms with van der Waals surface area (Å²) in [5.41, 5.74) is 1.50. The molecule has 0 aliphatic heterocycles. The lowest BCUT2D eigenvalue weighted by molar-refractivity contribution is -0.123. The summed E-state index contributed by atoms with van der Waals surface area (Å²) in [6, 6.07) is 4.25. The average molecular weight is 275 g/mol. The van der Waals surface area contributed by atoms with Crippen LogP contribution in [-0.2, 0) is 4.79 Å². The second-order valence-corrected chi connectivity index (χ2v) is 4.63. The van der Waals surface area contributed by atoms with E-state index in [-0.39, 0.29) is 11.5 Å². The van der Waals surface area contributed by atoms with E-state index in [1.165, 1.54) is 12.1 Å². The number of carbonyl (C=O) groups excluding carboxylic acids is 1. The van der Waals surface area contributed by atoms with Gasteiger partial charge in [-0.1, -0.05) is 6.92 Å². The van der Waals surface area contributed by atoms with Gasteiger partial charge in [0.2, 0.25) is 5.91 Å². The molecule has 1 atom stereocenters. The van der Waals surface area contributed by atoms with Gasteiger partial charge in [-0.2, -0.15) is 0 Å². The van der Waals surface area contributed by atoms with Crippen LogP contribution in [0.5, 0.6) is 0 Å². The predicted molar refractivity (Wildman–Crippen MR) is 74.7 cm³/mol. The van der Waals surface area contributed by atoms with Gasteiger partial charge in [-0.15, -0.1) is 0 Å². The first-order valence-corrected chi connectivity index (χ1v) is 6.52. The zero-order chi connectivity index (χ0) is 14.7.